The van der Waals surface area contributed by atoms with E-state index in [9.17, 15) is 4.79 Å². The molecule has 2 aromatic carbocycles. The van der Waals surface area contributed by atoms with Gasteiger partial charge in [0.05, 0.1) is 15.4 Å². The molecule has 3 rings (SSSR count). The second-order valence-electron chi connectivity index (χ2n) is 6.42. The van der Waals surface area contributed by atoms with Gasteiger partial charge in [-0.05, 0) is 92.1 Å². The summed E-state index contributed by atoms with van der Waals surface area (Å²) in [6.45, 7) is 1.33. The molecule has 1 aliphatic rings. The van der Waals surface area contributed by atoms with Gasteiger partial charge in [-0.15, -0.1) is 0 Å². The zero-order valence-corrected chi connectivity index (χ0v) is 17.8. The van der Waals surface area contributed by atoms with Gasteiger partial charge in [0.15, 0.2) is 0 Å². The van der Waals surface area contributed by atoms with Crippen molar-refractivity contribution in [1.82, 2.24) is 0 Å². The quantitative estimate of drug-likeness (QED) is 0.472. The van der Waals surface area contributed by atoms with Crippen molar-refractivity contribution in [3.8, 4) is 5.75 Å². The van der Waals surface area contributed by atoms with Crippen LogP contribution in [0.15, 0.2) is 39.3 Å². The number of benzene rings is 2. The molecule has 26 heavy (non-hydrogen) atoms. The summed E-state index contributed by atoms with van der Waals surface area (Å²) in [6.07, 6.45) is 2.55. The smallest absolute Gasteiger partial charge is 0.307 e. The van der Waals surface area contributed by atoms with Gasteiger partial charge in [-0.3, -0.25) is 4.79 Å². The minimum absolute atomic E-state index is 0.0399. The van der Waals surface area contributed by atoms with E-state index >= 15 is 0 Å². The van der Waals surface area contributed by atoms with Crippen molar-refractivity contribution >= 4 is 55.1 Å². The van der Waals surface area contributed by atoms with Crippen LogP contribution in [0.4, 0.5) is 5.69 Å². The summed E-state index contributed by atoms with van der Waals surface area (Å²) in [4.78, 5) is 10.9. The van der Waals surface area contributed by atoms with Crippen molar-refractivity contribution in [3.63, 3.8) is 0 Å². The molecule has 1 saturated carbocycles. The molecule has 7 heteroatoms. The molecule has 0 amide bonds. The molecule has 0 spiro atoms. The number of nitrogens with one attached hydrogen (secondary N) is 1. The molecule has 1 fully saturated rings. The number of anilines is 1. The Balaban J connectivity index is 1.69. The number of rotatable bonds is 8. The van der Waals surface area contributed by atoms with Gasteiger partial charge in [-0.1, -0.05) is 11.6 Å². The molecule has 1 aliphatic carbocycles. The minimum Gasteiger partial charge on any atom is -0.487 e. The highest BCUT2D eigenvalue weighted by Gasteiger charge is 2.20. The summed E-state index contributed by atoms with van der Waals surface area (Å²) in [7, 11) is 0. The van der Waals surface area contributed by atoms with Crippen LogP contribution in [0.1, 0.15) is 24.0 Å². The lowest BCUT2D eigenvalue weighted by molar-refractivity contribution is -0.136. The average Bonchev–Trinajstić information content (AvgIpc) is 3.35. The zero-order chi connectivity index (χ0) is 18.7. The van der Waals surface area contributed by atoms with Crippen LogP contribution in [0.25, 0.3) is 0 Å². The second-order valence-corrected chi connectivity index (χ2v) is 8.57. The third-order valence-electron chi connectivity index (χ3n) is 4.05. The van der Waals surface area contributed by atoms with Crippen LogP contribution < -0.4 is 10.1 Å². The van der Waals surface area contributed by atoms with Crippen molar-refractivity contribution in [2.24, 2.45) is 5.92 Å². The molecule has 0 aliphatic heterocycles. The summed E-state index contributed by atoms with van der Waals surface area (Å²) >= 11 is 13.1. The predicted molar refractivity (Wildman–Crippen MR) is 110 cm³/mol. The van der Waals surface area contributed by atoms with Crippen LogP contribution in [-0.4, -0.2) is 17.6 Å². The Morgan fingerprint density at radius 3 is 2.46 bits per heavy atom. The van der Waals surface area contributed by atoms with E-state index in [1.54, 1.807) is 12.1 Å². The van der Waals surface area contributed by atoms with Gasteiger partial charge in [0, 0.05) is 17.3 Å². The van der Waals surface area contributed by atoms with Crippen molar-refractivity contribution in [1.29, 1.82) is 0 Å². The van der Waals surface area contributed by atoms with E-state index in [4.69, 9.17) is 21.4 Å². The number of aliphatic carboxylic acids is 1. The Kier molecular flexibility index (Phi) is 6.48. The predicted octanol–water partition coefficient (Wildman–Crippen LogP) is 5.89. The van der Waals surface area contributed by atoms with Gasteiger partial charge in [0.2, 0.25) is 0 Å². The van der Waals surface area contributed by atoms with Gasteiger partial charge in [-0.25, -0.2) is 0 Å². The Morgan fingerprint density at radius 2 is 1.85 bits per heavy atom. The zero-order valence-electron chi connectivity index (χ0n) is 13.9. The van der Waals surface area contributed by atoms with Crippen LogP contribution in [0, 0.1) is 5.92 Å². The first-order valence-corrected chi connectivity index (χ1v) is 10.2. The number of halogens is 3. The molecule has 0 aromatic heterocycles. The number of ether oxygens (including phenoxy) is 1. The monoisotopic (exact) mass is 501 g/mol. The normalized spacial score (nSPS) is 13.5. The molecule has 0 unspecified atom stereocenters. The molecular formula is C19H18Br2ClNO3. The Hall–Kier alpha value is -1.24. The van der Waals surface area contributed by atoms with Crippen molar-refractivity contribution in [2.75, 3.05) is 11.9 Å². The van der Waals surface area contributed by atoms with E-state index in [0.717, 1.165) is 23.7 Å². The SMILES string of the molecule is O=C(O)Cc1cc(Br)c(OCc2cc(Cl)cc(NCC3CC3)c2)c(Br)c1. The van der Waals surface area contributed by atoms with E-state index in [1.165, 1.54) is 12.8 Å². The molecule has 2 N–H and O–H groups in total. The maximum atomic E-state index is 10.9. The first-order valence-electron chi connectivity index (χ1n) is 8.26. The first-order chi connectivity index (χ1) is 12.4. The van der Waals surface area contributed by atoms with E-state index in [-0.39, 0.29) is 6.42 Å². The Morgan fingerprint density at radius 1 is 1.15 bits per heavy atom. The molecule has 0 radical (unpaired) electrons. The molecule has 2 aromatic rings. The second kappa shape index (κ2) is 8.63. The van der Waals surface area contributed by atoms with Crippen molar-refractivity contribution in [2.45, 2.75) is 25.9 Å². The van der Waals surface area contributed by atoms with E-state index in [1.807, 2.05) is 18.2 Å². The minimum atomic E-state index is -0.873. The number of carbonyl (C=O) groups is 1. The van der Waals surface area contributed by atoms with E-state index < -0.39 is 5.97 Å². The third kappa shape index (κ3) is 5.63. The number of carboxylic acids is 1. The van der Waals surface area contributed by atoms with Crippen LogP contribution in [0.5, 0.6) is 5.75 Å². The van der Waals surface area contributed by atoms with Crippen LogP contribution in [-0.2, 0) is 17.8 Å². The summed E-state index contributed by atoms with van der Waals surface area (Å²) in [5, 5.41) is 13.0. The molecular weight excluding hydrogens is 485 g/mol. The number of carboxylic acid groups (broad SMARTS) is 1. The average molecular weight is 504 g/mol. The van der Waals surface area contributed by atoms with Gasteiger partial charge in [0.1, 0.15) is 12.4 Å². The van der Waals surface area contributed by atoms with Crippen LogP contribution in [0.2, 0.25) is 5.02 Å². The molecule has 0 bridgehead atoms. The molecule has 138 valence electrons. The fourth-order valence-corrected chi connectivity index (χ4v) is 4.37. The van der Waals surface area contributed by atoms with E-state index in [0.29, 0.717) is 31.9 Å². The lowest BCUT2D eigenvalue weighted by atomic mass is 10.1. The lowest BCUT2D eigenvalue weighted by Crippen LogP contribution is -2.05. The van der Waals surface area contributed by atoms with Gasteiger partial charge < -0.3 is 15.2 Å². The lowest BCUT2D eigenvalue weighted by Gasteiger charge is -2.13. The fourth-order valence-electron chi connectivity index (χ4n) is 2.60. The fraction of sp³-hybridized carbons (Fsp3) is 0.316. The molecule has 4 nitrogen and oxygen atoms in total. The van der Waals surface area contributed by atoms with Crippen molar-refractivity contribution < 1.29 is 14.6 Å². The largest absolute Gasteiger partial charge is 0.487 e. The summed E-state index contributed by atoms with van der Waals surface area (Å²) < 4.78 is 7.35. The highest BCUT2D eigenvalue weighted by molar-refractivity contribution is 9.11. The maximum Gasteiger partial charge on any atom is 0.307 e. The highest BCUT2D eigenvalue weighted by atomic mass is 79.9. The van der Waals surface area contributed by atoms with Crippen molar-refractivity contribution in [3.05, 3.63) is 55.4 Å². The number of hydrogen-bond acceptors (Lipinski definition) is 3. The standard InChI is InChI=1S/C19H18Br2ClNO3/c20-16-5-12(7-18(24)25)6-17(21)19(16)26-10-13-3-14(22)8-15(4-13)23-9-11-1-2-11/h3-6,8,11,23H,1-2,7,9-10H2,(H,24,25). The third-order valence-corrected chi connectivity index (χ3v) is 5.44. The van der Waals surface area contributed by atoms with Gasteiger partial charge in [-0.2, -0.15) is 0 Å². The molecule has 0 atom stereocenters. The maximum absolute atomic E-state index is 10.9. The summed E-state index contributed by atoms with van der Waals surface area (Å²) in [5.74, 6) is 0.541. The van der Waals surface area contributed by atoms with Crippen LogP contribution in [0.3, 0.4) is 0 Å². The number of hydrogen-bond donors (Lipinski definition) is 2. The highest BCUT2D eigenvalue weighted by Crippen LogP contribution is 2.36. The molecule has 0 heterocycles. The van der Waals surface area contributed by atoms with Crippen LogP contribution >= 0.6 is 43.5 Å². The molecule has 0 saturated heterocycles. The summed E-state index contributed by atoms with van der Waals surface area (Å²) in [5.41, 5.74) is 2.65. The Labute approximate surface area is 174 Å². The topological polar surface area (TPSA) is 58.6 Å². The Bertz CT molecular complexity index is 801. The first kappa shape index (κ1) is 19.5. The summed E-state index contributed by atoms with van der Waals surface area (Å²) in [6, 6.07) is 9.35. The van der Waals surface area contributed by atoms with Gasteiger partial charge >= 0.3 is 5.97 Å². The van der Waals surface area contributed by atoms with E-state index in [2.05, 4.69) is 37.2 Å². The van der Waals surface area contributed by atoms with Gasteiger partial charge in [0.25, 0.3) is 0 Å².